The standard InChI is InChI=1S/C15H17ClFN3/c1-3-7-18-15-9-13(19-14(4-2)20-15)11-6-5-10(17)8-12(11)16/h5-6,8-9H,3-4,7H2,1-2H3,(H,18,19,20). The molecule has 0 spiro atoms. The van der Waals surface area contributed by atoms with Crippen molar-refractivity contribution in [3.05, 3.63) is 40.9 Å². The van der Waals surface area contributed by atoms with E-state index in [2.05, 4.69) is 22.2 Å². The summed E-state index contributed by atoms with van der Waals surface area (Å²) >= 11 is 6.10. The summed E-state index contributed by atoms with van der Waals surface area (Å²) in [6.45, 7) is 4.93. The van der Waals surface area contributed by atoms with Gasteiger partial charge in [-0.05, 0) is 24.6 Å². The number of benzene rings is 1. The molecule has 0 bridgehead atoms. The second kappa shape index (κ2) is 6.66. The number of rotatable bonds is 5. The van der Waals surface area contributed by atoms with Gasteiger partial charge in [0.05, 0.1) is 10.7 Å². The average molecular weight is 294 g/mol. The fourth-order valence-corrected chi connectivity index (χ4v) is 2.10. The van der Waals surface area contributed by atoms with Crippen LogP contribution in [0.3, 0.4) is 0 Å². The van der Waals surface area contributed by atoms with E-state index in [1.165, 1.54) is 12.1 Å². The minimum Gasteiger partial charge on any atom is -0.370 e. The Hall–Kier alpha value is -1.68. The summed E-state index contributed by atoms with van der Waals surface area (Å²) in [5.41, 5.74) is 1.42. The highest BCUT2D eigenvalue weighted by Crippen LogP contribution is 2.28. The van der Waals surface area contributed by atoms with Crippen LogP contribution in [0.5, 0.6) is 0 Å². The molecule has 0 radical (unpaired) electrons. The molecular weight excluding hydrogens is 277 g/mol. The molecule has 2 rings (SSSR count). The van der Waals surface area contributed by atoms with E-state index in [1.807, 2.05) is 13.0 Å². The van der Waals surface area contributed by atoms with E-state index in [-0.39, 0.29) is 5.82 Å². The summed E-state index contributed by atoms with van der Waals surface area (Å²) in [7, 11) is 0. The molecule has 0 saturated carbocycles. The first kappa shape index (κ1) is 14.7. The first-order chi connectivity index (χ1) is 9.63. The molecule has 0 aliphatic heterocycles. The van der Waals surface area contributed by atoms with Crippen molar-refractivity contribution < 1.29 is 4.39 Å². The molecule has 1 aromatic heterocycles. The van der Waals surface area contributed by atoms with Gasteiger partial charge in [0, 0.05) is 24.6 Å². The summed E-state index contributed by atoms with van der Waals surface area (Å²) in [6, 6.07) is 6.16. The number of nitrogens with zero attached hydrogens (tertiary/aromatic N) is 2. The molecule has 2 aromatic rings. The second-order valence-electron chi connectivity index (χ2n) is 4.46. The maximum atomic E-state index is 13.1. The van der Waals surface area contributed by atoms with E-state index in [4.69, 9.17) is 11.6 Å². The molecule has 20 heavy (non-hydrogen) atoms. The van der Waals surface area contributed by atoms with E-state index < -0.39 is 0 Å². The lowest BCUT2D eigenvalue weighted by Crippen LogP contribution is -2.05. The molecule has 1 heterocycles. The molecule has 0 atom stereocenters. The van der Waals surface area contributed by atoms with Crippen molar-refractivity contribution in [3.63, 3.8) is 0 Å². The predicted octanol–water partition coefficient (Wildman–Crippen LogP) is 4.32. The zero-order chi connectivity index (χ0) is 14.5. The number of halogens is 2. The molecule has 0 aliphatic carbocycles. The Balaban J connectivity index is 2.44. The lowest BCUT2D eigenvalue weighted by atomic mass is 10.1. The fraction of sp³-hybridized carbons (Fsp3) is 0.333. The van der Waals surface area contributed by atoms with Gasteiger partial charge in [-0.1, -0.05) is 25.4 Å². The van der Waals surface area contributed by atoms with Gasteiger partial charge in [-0.3, -0.25) is 0 Å². The van der Waals surface area contributed by atoms with Crippen molar-refractivity contribution in [2.45, 2.75) is 26.7 Å². The third kappa shape index (κ3) is 3.45. The van der Waals surface area contributed by atoms with E-state index in [1.54, 1.807) is 6.07 Å². The highest BCUT2D eigenvalue weighted by molar-refractivity contribution is 6.33. The van der Waals surface area contributed by atoms with Gasteiger partial charge >= 0.3 is 0 Å². The first-order valence-corrected chi connectivity index (χ1v) is 7.09. The highest BCUT2D eigenvalue weighted by Gasteiger charge is 2.09. The van der Waals surface area contributed by atoms with Gasteiger partial charge in [0.25, 0.3) is 0 Å². The van der Waals surface area contributed by atoms with Gasteiger partial charge < -0.3 is 5.32 Å². The monoisotopic (exact) mass is 293 g/mol. The smallest absolute Gasteiger partial charge is 0.131 e. The van der Waals surface area contributed by atoms with Crippen LogP contribution in [-0.2, 0) is 6.42 Å². The maximum absolute atomic E-state index is 13.1. The molecule has 0 amide bonds. The number of aromatic nitrogens is 2. The zero-order valence-corrected chi connectivity index (χ0v) is 12.3. The van der Waals surface area contributed by atoms with Gasteiger partial charge in [-0.25, -0.2) is 14.4 Å². The van der Waals surface area contributed by atoms with E-state index in [0.29, 0.717) is 16.3 Å². The van der Waals surface area contributed by atoms with Crippen molar-refractivity contribution in [1.29, 1.82) is 0 Å². The lowest BCUT2D eigenvalue weighted by Gasteiger charge is -2.10. The highest BCUT2D eigenvalue weighted by atomic mass is 35.5. The summed E-state index contributed by atoms with van der Waals surface area (Å²) in [5.74, 6) is 1.16. The van der Waals surface area contributed by atoms with Crippen LogP contribution in [0.4, 0.5) is 10.2 Å². The minimum atomic E-state index is -0.354. The van der Waals surface area contributed by atoms with Crippen LogP contribution >= 0.6 is 11.6 Å². The third-order valence-electron chi connectivity index (χ3n) is 2.85. The maximum Gasteiger partial charge on any atom is 0.131 e. The van der Waals surface area contributed by atoms with Crippen LogP contribution in [0.2, 0.25) is 5.02 Å². The van der Waals surface area contributed by atoms with Crippen LogP contribution in [0.1, 0.15) is 26.1 Å². The normalized spacial score (nSPS) is 10.6. The number of anilines is 1. The second-order valence-corrected chi connectivity index (χ2v) is 4.87. The van der Waals surface area contributed by atoms with E-state index in [0.717, 1.165) is 31.0 Å². The summed E-state index contributed by atoms with van der Waals surface area (Å²) in [6.07, 6.45) is 1.74. The van der Waals surface area contributed by atoms with Gasteiger partial charge in [0.1, 0.15) is 17.5 Å². The quantitative estimate of drug-likeness (QED) is 0.892. The Kier molecular flexibility index (Phi) is 4.90. The minimum absolute atomic E-state index is 0.354. The Morgan fingerprint density at radius 2 is 2.00 bits per heavy atom. The van der Waals surface area contributed by atoms with Crippen LogP contribution in [0.15, 0.2) is 24.3 Å². The topological polar surface area (TPSA) is 37.8 Å². The van der Waals surface area contributed by atoms with Crippen LogP contribution in [-0.4, -0.2) is 16.5 Å². The molecule has 106 valence electrons. The predicted molar refractivity (Wildman–Crippen MR) is 80.6 cm³/mol. The Morgan fingerprint density at radius 3 is 2.65 bits per heavy atom. The summed E-state index contributed by atoms with van der Waals surface area (Å²) < 4.78 is 13.1. The van der Waals surface area contributed by atoms with Crippen LogP contribution in [0, 0.1) is 5.82 Å². The largest absolute Gasteiger partial charge is 0.370 e. The zero-order valence-electron chi connectivity index (χ0n) is 11.6. The molecule has 0 saturated heterocycles. The first-order valence-electron chi connectivity index (χ1n) is 6.71. The molecule has 0 fully saturated rings. The van der Waals surface area contributed by atoms with Gasteiger partial charge in [0.2, 0.25) is 0 Å². The van der Waals surface area contributed by atoms with E-state index in [9.17, 15) is 4.39 Å². The van der Waals surface area contributed by atoms with Gasteiger partial charge in [-0.2, -0.15) is 0 Å². The van der Waals surface area contributed by atoms with Gasteiger partial charge in [-0.15, -0.1) is 0 Å². The van der Waals surface area contributed by atoms with Crippen molar-refractivity contribution in [2.24, 2.45) is 0 Å². The molecule has 1 N–H and O–H groups in total. The molecule has 5 heteroatoms. The van der Waals surface area contributed by atoms with Crippen molar-refractivity contribution >= 4 is 17.4 Å². The Labute approximate surface area is 123 Å². The van der Waals surface area contributed by atoms with E-state index >= 15 is 0 Å². The molecule has 1 aromatic carbocycles. The Bertz CT molecular complexity index is 602. The molecule has 0 unspecified atom stereocenters. The van der Waals surface area contributed by atoms with Crippen LogP contribution in [0.25, 0.3) is 11.3 Å². The van der Waals surface area contributed by atoms with Gasteiger partial charge in [0.15, 0.2) is 0 Å². The SMILES string of the molecule is CCCNc1cc(-c2ccc(F)cc2Cl)nc(CC)n1. The van der Waals surface area contributed by atoms with Crippen LogP contribution < -0.4 is 5.32 Å². The fourth-order valence-electron chi connectivity index (χ4n) is 1.83. The number of aryl methyl sites for hydroxylation is 1. The molecular formula is C15H17ClFN3. The lowest BCUT2D eigenvalue weighted by molar-refractivity contribution is 0.628. The number of hydrogen-bond acceptors (Lipinski definition) is 3. The molecule has 3 nitrogen and oxygen atoms in total. The molecule has 0 aliphatic rings. The number of hydrogen-bond donors (Lipinski definition) is 1. The van der Waals surface area contributed by atoms with Crippen molar-refractivity contribution in [3.8, 4) is 11.3 Å². The summed E-state index contributed by atoms with van der Waals surface area (Å²) in [5, 5.41) is 3.60. The Morgan fingerprint density at radius 1 is 1.20 bits per heavy atom. The number of nitrogens with one attached hydrogen (secondary N) is 1. The summed E-state index contributed by atoms with van der Waals surface area (Å²) in [4.78, 5) is 8.89. The van der Waals surface area contributed by atoms with Crippen molar-refractivity contribution in [2.75, 3.05) is 11.9 Å². The third-order valence-corrected chi connectivity index (χ3v) is 3.16. The average Bonchev–Trinajstić information content (AvgIpc) is 2.44. The van der Waals surface area contributed by atoms with Crippen molar-refractivity contribution in [1.82, 2.24) is 9.97 Å².